The van der Waals surface area contributed by atoms with Crippen LogP contribution < -0.4 is 5.32 Å². The van der Waals surface area contributed by atoms with Gasteiger partial charge in [-0.15, -0.1) is 11.8 Å². The van der Waals surface area contributed by atoms with E-state index in [1.165, 1.54) is 22.3 Å². The van der Waals surface area contributed by atoms with Crippen LogP contribution in [0.4, 0.5) is 0 Å². The molecule has 2 N–H and O–H groups in total. The van der Waals surface area contributed by atoms with E-state index in [0.29, 0.717) is 6.04 Å². The van der Waals surface area contributed by atoms with Crippen molar-refractivity contribution in [3.63, 3.8) is 0 Å². The molecule has 0 radical (unpaired) electrons. The van der Waals surface area contributed by atoms with Crippen LogP contribution in [0.25, 0.3) is 10.9 Å². The molecule has 1 aromatic heterocycles. The maximum Gasteiger partial charge on any atom is 0.0732 e. The van der Waals surface area contributed by atoms with E-state index in [2.05, 4.69) is 54.5 Å². The fourth-order valence-electron chi connectivity index (χ4n) is 1.74. The molecule has 0 fully saturated rings. The average molecular weight is 248 g/mol. The van der Waals surface area contributed by atoms with Gasteiger partial charge >= 0.3 is 0 Å². The minimum Gasteiger partial charge on any atom is -0.350 e. The molecule has 0 bridgehead atoms. The zero-order chi connectivity index (χ0) is 12.1. The second kappa shape index (κ2) is 6.12. The molecule has 1 heterocycles. The molecule has 92 valence electrons. The van der Waals surface area contributed by atoms with Crippen molar-refractivity contribution in [1.29, 1.82) is 0 Å². The zero-order valence-corrected chi connectivity index (χ0v) is 11.3. The van der Waals surface area contributed by atoms with Crippen LogP contribution in [0.1, 0.15) is 20.3 Å². The summed E-state index contributed by atoms with van der Waals surface area (Å²) in [7, 11) is 0. The summed E-state index contributed by atoms with van der Waals surface area (Å²) in [6.07, 6.45) is 1.19. The third-order valence-electron chi connectivity index (χ3n) is 2.97. The minimum absolute atomic E-state index is 0.623. The quantitative estimate of drug-likeness (QED) is 0.603. The van der Waals surface area contributed by atoms with Gasteiger partial charge in [-0.05, 0) is 25.5 Å². The highest BCUT2D eigenvalue weighted by Gasteiger charge is 2.01. The third kappa shape index (κ3) is 3.51. The van der Waals surface area contributed by atoms with E-state index in [4.69, 9.17) is 0 Å². The Kier molecular flexibility index (Phi) is 4.51. The van der Waals surface area contributed by atoms with E-state index in [1.54, 1.807) is 0 Å². The molecule has 2 nitrogen and oxygen atoms in total. The van der Waals surface area contributed by atoms with Crippen molar-refractivity contribution >= 4 is 22.7 Å². The molecular weight excluding hydrogens is 228 g/mol. The largest absolute Gasteiger partial charge is 0.350 e. The number of nitrogens with one attached hydrogen (secondary N) is 2. The number of aromatic amines is 1. The van der Waals surface area contributed by atoms with E-state index >= 15 is 0 Å². The lowest BCUT2D eigenvalue weighted by Crippen LogP contribution is -2.27. The highest BCUT2D eigenvalue weighted by Crippen LogP contribution is 2.22. The number of fused-ring (bicyclic) bond motifs is 1. The normalized spacial score (nSPS) is 13.1. The van der Waals surface area contributed by atoms with Crippen molar-refractivity contribution in [1.82, 2.24) is 10.3 Å². The number of hydrogen-bond acceptors (Lipinski definition) is 2. The van der Waals surface area contributed by atoms with Gasteiger partial charge in [0.05, 0.1) is 5.03 Å². The van der Waals surface area contributed by atoms with Crippen LogP contribution >= 0.6 is 11.8 Å². The Balaban J connectivity index is 1.83. The molecule has 17 heavy (non-hydrogen) atoms. The predicted molar refractivity (Wildman–Crippen MR) is 76.8 cm³/mol. The third-order valence-corrected chi connectivity index (χ3v) is 3.91. The maximum atomic E-state index is 3.50. The minimum atomic E-state index is 0.623. The summed E-state index contributed by atoms with van der Waals surface area (Å²) in [4.78, 5) is 3.43. The zero-order valence-electron chi connectivity index (χ0n) is 10.5. The molecule has 2 aromatic rings. The SMILES string of the molecule is CCC(C)NCCSc1cc2ccccc2[nH]1. The molecule has 2 rings (SSSR count). The van der Waals surface area contributed by atoms with Crippen LogP contribution in [-0.4, -0.2) is 23.3 Å². The van der Waals surface area contributed by atoms with E-state index in [1.807, 2.05) is 11.8 Å². The highest BCUT2D eigenvalue weighted by molar-refractivity contribution is 7.99. The summed E-state index contributed by atoms with van der Waals surface area (Å²) < 4.78 is 0. The van der Waals surface area contributed by atoms with Gasteiger partial charge in [0.1, 0.15) is 0 Å². The summed E-state index contributed by atoms with van der Waals surface area (Å²) in [5.74, 6) is 1.11. The summed E-state index contributed by atoms with van der Waals surface area (Å²) >= 11 is 1.88. The van der Waals surface area contributed by atoms with Crippen LogP contribution in [0.5, 0.6) is 0 Å². The highest BCUT2D eigenvalue weighted by atomic mass is 32.2. The van der Waals surface area contributed by atoms with Gasteiger partial charge in [0.2, 0.25) is 0 Å². The van der Waals surface area contributed by atoms with Gasteiger partial charge in [0.15, 0.2) is 0 Å². The number of H-pyrrole nitrogens is 1. The van der Waals surface area contributed by atoms with E-state index in [-0.39, 0.29) is 0 Å². The van der Waals surface area contributed by atoms with Gasteiger partial charge in [0.25, 0.3) is 0 Å². The van der Waals surface area contributed by atoms with Crippen LogP contribution in [0.2, 0.25) is 0 Å². The van der Waals surface area contributed by atoms with E-state index < -0.39 is 0 Å². The first-order chi connectivity index (χ1) is 8.29. The van der Waals surface area contributed by atoms with Crippen molar-refractivity contribution in [3.05, 3.63) is 30.3 Å². The molecule has 1 atom stereocenters. The molecule has 0 aliphatic rings. The Hall–Kier alpha value is -0.930. The Morgan fingerprint density at radius 3 is 2.94 bits per heavy atom. The van der Waals surface area contributed by atoms with Crippen LogP contribution in [0.3, 0.4) is 0 Å². The molecular formula is C14H20N2S. The van der Waals surface area contributed by atoms with Crippen LogP contribution in [0, 0.1) is 0 Å². The molecule has 3 heteroatoms. The van der Waals surface area contributed by atoms with Gasteiger partial charge in [-0.1, -0.05) is 25.1 Å². The molecule has 0 spiro atoms. The molecule has 0 amide bonds. The number of hydrogen-bond donors (Lipinski definition) is 2. The maximum absolute atomic E-state index is 3.50. The number of benzene rings is 1. The molecule has 0 saturated heterocycles. The average Bonchev–Trinajstić information content (AvgIpc) is 2.76. The van der Waals surface area contributed by atoms with Gasteiger partial charge in [-0.2, -0.15) is 0 Å². The van der Waals surface area contributed by atoms with Crippen molar-refractivity contribution in [2.24, 2.45) is 0 Å². The number of thioether (sulfide) groups is 1. The number of aromatic nitrogens is 1. The molecule has 1 aromatic carbocycles. The standard InChI is InChI=1S/C14H20N2S/c1-3-11(2)15-8-9-17-14-10-12-6-4-5-7-13(12)16-14/h4-7,10-11,15-16H,3,8-9H2,1-2H3. The Labute approximate surface area is 107 Å². The molecule has 0 saturated carbocycles. The predicted octanol–water partition coefficient (Wildman–Crippen LogP) is 3.65. The lowest BCUT2D eigenvalue weighted by Gasteiger charge is -2.09. The van der Waals surface area contributed by atoms with Gasteiger partial charge < -0.3 is 10.3 Å². The van der Waals surface area contributed by atoms with Gasteiger partial charge in [-0.25, -0.2) is 0 Å². The summed E-state index contributed by atoms with van der Waals surface area (Å²) in [5, 5.41) is 6.06. The summed E-state index contributed by atoms with van der Waals surface area (Å²) in [5.41, 5.74) is 1.23. The number of para-hydroxylation sites is 1. The van der Waals surface area contributed by atoms with Crippen LogP contribution in [-0.2, 0) is 0 Å². The van der Waals surface area contributed by atoms with E-state index in [0.717, 1.165) is 12.3 Å². The smallest absolute Gasteiger partial charge is 0.0732 e. The van der Waals surface area contributed by atoms with E-state index in [9.17, 15) is 0 Å². The summed E-state index contributed by atoms with van der Waals surface area (Å²) in [6, 6.07) is 11.3. The Morgan fingerprint density at radius 2 is 2.18 bits per heavy atom. The lowest BCUT2D eigenvalue weighted by atomic mass is 10.3. The Bertz CT molecular complexity index is 431. The second-order valence-corrected chi connectivity index (χ2v) is 5.47. The van der Waals surface area contributed by atoms with Gasteiger partial charge in [-0.3, -0.25) is 0 Å². The van der Waals surface area contributed by atoms with Crippen molar-refractivity contribution in [2.75, 3.05) is 12.3 Å². The van der Waals surface area contributed by atoms with Gasteiger partial charge in [0, 0.05) is 29.2 Å². The molecule has 0 aliphatic carbocycles. The molecule has 1 unspecified atom stereocenters. The summed E-state index contributed by atoms with van der Waals surface area (Å²) in [6.45, 7) is 5.51. The van der Waals surface area contributed by atoms with Crippen molar-refractivity contribution in [2.45, 2.75) is 31.3 Å². The first-order valence-electron chi connectivity index (χ1n) is 6.23. The fourth-order valence-corrected chi connectivity index (χ4v) is 2.57. The van der Waals surface area contributed by atoms with Crippen molar-refractivity contribution in [3.8, 4) is 0 Å². The first-order valence-corrected chi connectivity index (χ1v) is 7.22. The van der Waals surface area contributed by atoms with Crippen molar-refractivity contribution < 1.29 is 0 Å². The first kappa shape index (κ1) is 12.5. The van der Waals surface area contributed by atoms with Crippen LogP contribution in [0.15, 0.2) is 35.4 Å². The fraction of sp³-hybridized carbons (Fsp3) is 0.429. The molecule has 0 aliphatic heterocycles. The lowest BCUT2D eigenvalue weighted by molar-refractivity contribution is 0.555. The second-order valence-electron chi connectivity index (χ2n) is 4.33. The topological polar surface area (TPSA) is 27.8 Å². The number of rotatable bonds is 6. The monoisotopic (exact) mass is 248 g/mol. The Morgan fingerprint density at radius 1 is 1.35 bits per heavy atom.